The van der Waals surface area contributed by atoms with Crippen LogP contribution in [0, 0.1) is 0 Å². The molecule has 0 radical (unpaired) electrons. The van der Waals surface area contributed by atoms with Crippen LogP contribution in [0.5, 0.6) is 0 Å². The Labute approximate surface area is 289 Å². The predicted molar refractivity (Wildman–Crippen MR) is 210 cm³/mol. The van der Waals surface area contributed by atoms with Gasteiger partial charge in [0.05, 0.1) is 0 Å². The smallest absolute Gasteiger partial charge is 0.141 e. The minimum absolute atomic E-state index is 0.793. The van der Waals surface area contributed by atoms with Gasteiger partial charge in [0.1, 0.15) is 17.0 Å². The van der Waals surface area contributed by atoms with Crippen molar-refractivity contribution in [3.8, 4) is 22.3 Å². The normalized spacial score (nSPS) is 11.6. The molecule has 0 saturated heterocycles. The van der Waals surface area contributed by atoms with E-state index in [0.717, 1.165) is 44.7 Å². The molecule has 0 unspecified atom stereocenters. The van der Waals surface area contributed by atoms with E-state index in [1.165, 1.54) is 49.0 Å². The molecule has 8 aromatic carbocycles. The van der Waals surface area contributed by atoms with Gasteiger partial charge in [-0.1, -0.05) is 133 Å². The predicted octanol–water partition coefficient (Wildman–Crippen LogP) is 13.2. The van der Waals surface area contributed by atoms with Crippen molar-refractivity contribution in [3.63, 3.8) is 0 Å². The van der Waals surface area contributed by atoms with Crippen LogP contribution in [0.15, 0.2) is 187 Å². The lowest BCUT2D eigenvalue weighted by Crippen LogP contribution is -2.11. The number of rotatable bonds is 5. The highest BCUT2D eigenvalue weighted by molar-refractivity contribution is 6.17. The maximum atomic E-state index is 6.29. The van der Waals surface area contributed by atoms with E-state index in [1.54, 1.807) is 0 Å². The highest BCUT2D eigenvalue weighted by Crippen LogP contribution is 2.39. The zero-order chi connectivity index (χ0) is 33.0. The van der Waals surface area contributed by atoms with Crippen molar-refractivity contribution in [1.82, 2.24) is 4.98 Å². The van der Waals surface area contributed by atoms with Crippen LogP contribution in [0.2, 0.25) is 0 Å². The van der Waals surface area contributed by atoms with E-state index in [2.05, 4.69) is 150 Å². The van der Waals surface area contributed by atoms with Crippen LogP contribution in [0.4, 0.5) is 17.2 Å². The summed E-state index contributed by atoms with van der Waals surface area (Å²) in [7, 11) is 0. The largest absolute Gasteiger partial charge is 0.456 e. The van der Waals surface area contributed by atoms with Gasteiger partial charge < -0.3 is 4.42 Å². The first-order chi connectivity index (χ1) is 24.8. The van der Waals surface area contributed by atoms with Gasteiger partial charge >= 0.3 is 0 Å². The summed E-state index contributed by atoms with van der Waals surface area (Å²) in [5.41, 5.74) is 8.42. The minimum atomic E-state index is 0.793. The molecule has 3 nitrogen and oxygen atoms in total. The second-order valence-corrected chi connectivity index (χ2v) is 12.8. The van der Waals surface area contributed by atoms with Crippen LogP contribution in [-0.4, -0.2) is 4.98 Å². The number of hydrogen-bond acceptors (Lipinski definition) is 3. The van der Waals surface area contributed by atoms with Crippen LogP contribution in [-0.2, 0) is 0 Å². The van der Waals surface area contributed by atoms with Gasteiger partial charge in [-0.15, -0.1) is 0 Å². The van der Waals surface area contributed by atoms with Crippen molar-refractivity contribution >= 4 is 71.4 Å². The van der Waals surface area contributed by atoms with Crippen molar-refractivity contribution in [2.24, 2.45) is 0 Å². The molecule has 2 aromatic heterocycles. The molecule has 3 heteroatoms. The number of anilines is 3. The Bertz CT molecular complexity index is 2850. The van der Waals surface area contributed by atoms with Gasteiger partial charge in [-0.05, 0) is 91.0 Å². The van der Waals surface area contributed by atoms with Gasteiger partial charge in [0.25, 0.3) is 0 Å². The molecule has 0 fully saturated rings. The zero-order valence-corrected chi connectivity index (χ0v) is 27.1. The maximum Gasteiger partial charge on any atom is 0.141 e. The van der Waals surface area contributed by atoms with Crippen molar-refractivity contribution in [2.45, 2.75) is 0 Å². The Balaban J connectivity index is 1.05. The Morgan fingerprint density at radius 3 is 1.68 bits per heavy atom. The van der Waals surface area contributed by atoms with E-state index in [9.17, 15) is 0 Å². The molecular weight excluding hydrogens is 609 g/mol. The van der Waals surface area contributed by atoms with Crippen LogP contribution in [0.25, 0.3) is 76.5 Å². The molecule has 0 saturated carbocycles. The van der Waals surface area contributed by atoms with E-state index >= 15 is 0 Å². The minimum Gasteiger partial charge on any atom is -0.456 e. The monoisotopic (exact) mass is 638 g/mol. The molecule has 0 amide bonds. The molecule has 2 heterocycles. The van der Waals surface area contributed by atoms with E-state index in [-0.39, 0.29) is 0 Å². The summed E-state index contributed by atoms with van der Waals surface area (Å²) in [5.74, 6) is 0.793. The number of aromatic nitrogens is 1. The lowest BCUT2D eigenvalue weighted by atomic mass is 9.95. The summed E-state index contributed by atoms with van der Waals surface area (Å²) in [6.07, 6.45) is 1.93. The van der Waals surface area contributed by atoms with Crippen molar-refractivity contribution in [3.05, 3.63) is 182 Å². The summed E-state index contributed by atoms with van der Waals surface area (Å²) < 4.78 is 6.29. The number of hydrogen-bond donors (Lipinski definition) is 0. The summed E-state index contributed by atoms with van der Waals surface area (Å²) in [5, 5.41) is 9.72. The molecule has 10 rings (SSSR count). The van der Waals surface area contributed by atoms with Crippen molar-refractivity contribution in [2.75, 3.05) is 4.90 Å². The molecule has 0 spiro atoms. The number of nitrogens with zero attached hydrogens (tertiary/aromatic N) is 2. The molecule has 0 bridgehead atoms. The standard InChI is InChI=1S/C47H30N2O/c1-2-8-31(9-3-1)32-14-21-37(22-15-32)49(47-29-46-44(30-48-47)43-12-6-7-13-45(43)50-46)38-23-16-33(17-24-38)35-19-25-40-36(28-35)20-27-41-39-11-5-4-10-34(39)18-26-42(40)41/h1-30H. The van der Waals surface area contributed by atoms with Gasteiger partial charge in [0.15, 0.2) is 0 Å². The fourth-order valence-electron chi connectivity index (χ4n) is 7.39. The summed E-state index contributed by atoms with van der Waals surface area (Å²) in [4.78, 5) is 7.18. The van der Waals surface area contributed by atoms with Crippen LogP contribution < -0.4 is 4.90 Å². The Hall–Kier alpha value is -6.71. The summed E-state index contributed by atoms with van der Waals surface area (Å²) >= 11 is 0. The van der Waals surface area contributed by atoms with E-state index < -0.39 is 0 Å². The van der Waals surface area contributed by atoms with Crippen LogP contribution >= 0.6 is 0 Å². The maximum absolute atomic E-state index is 6.29. The summed E-state index contributed by atoms with van der Waals surface area (Å²) in [6.45, 7) is 0. The number of furan rings is 1. The van der Waals surface area contributed by atoms with E-state index in [4.69, 9.17) is 9.40 Å². The molecule has 0 atom stereocenters. The fraction of sp³-hybridized carbons (Fsp3) is 0. The van der Waals surface area contributed by atoms with E-state index in [0.29, 0.717) is 0 Å². The Morgan fingerprint density at radius 2 is 0.920 bits per heavy atom. The molecule has 0 aliphatic carbocycles. The number of fused-ring (bicyclic) bond motifs is 8. The average molecular weight is 639 g/mol. The lowest BCUT2D eigenvalue weighted by Gasteiger charge is -2.24. The highest BCUT2D eigenvalue weighted by Gasteiger charge is 2.17. The number of para-hydroxylation sites is 1. The first-order valence-electron chi connectivity index (χ1n) is 16.9. The van der Waals surface area contributed by atoms with E-state index in [1.807, 2.05) is 36.5 Å². The quantitative estimate of drug-likeness (QED) is 0.176. The first kappa shape index (κ1) is 28.3. The SMILES string of the molecule is c1ccc(-c2ccc(N(c3ccc(-c4ccc5c(ccc6c7ccccc7ccc56)c4)cc3)c3cc4oc5ccccc5c4cn3)cc2)cc1. The Kier molecular flexibility index (Phi) is 6.49. The molecular formula is C47H30N2O. The average Bonchev–Trinajstić information content (AvgIpc) is 3.56. The van der Waals surface area contributed by atoms with Crippen LogP contribution in [0.1, 0.15) is 0 Å². The van der Waals surface area contributed by atoms with Gasteiger partial charge in [0, 0.05) is 34.4 Å². The molecule has 234 valence electrons. The first-order valence-corrected chi connectivity index (χ1v) is 16.9. The van der Waals surface area contributed by atoms with Gasteiger partial charge in [0.2, 0.25) is 0 Å². The van der Waals surface area contributed by atoms with Crippen molar-refractivity contribution < 1.29 is 4.42 Å². The van der Waals surface area contributed by atoms with Gasteiger partial charge in [-0.3, -0.25) is 4.90 Å². The third-order valence-corrected chi connectivity index (χ3v) is 9.91. The fourth-order valence-corrected chi connectivity index (χ4v) is 7.39. The molecule has 0 aliphatic rings. The molecule has 0 aliphatic heterocycles. The second kappa shape index (κ2) is 11.5. The highest BCUT2D eigenvalue weighted by atomic mass is 16.3. The third-order valence-electron chi connectivity index (χ3n) is 9.91. The Morgan fingerprint density at radius 1 is 0.360 bits per heavy atom. The number of pyridine rings is 1. The topological polar surface area (TPSA) is 29.3 Å². The van der Waals surface area contributed by atoms with Gasteiger partial charge in [-0.25, -0.2) is 4.98 Å². The molecule has 10 aromatic rings. The lowest BCUT2D eigenvalue weighted by molar-refractivity contribution is 0.668. The zero-order valence-electron chi connectivity index (χ0n) is 27.1. The third kappa shape index (κ3) is 4.71. The second-order valence-electron chi connectivity index (χ2n) is 12.8. The molecule has 0 N–H and O–H groups in total. The van der Waals surface area contributed by atoms with Crippen LogP contribution in [0.3, 0.4) is 0 Å². The number of benzene rings is 8. The summed E-state index contributed by atoms with van der Waals surface area (Å²) in [6, 6.07) is 62.5. The van der Waals surface area contributed by atoms with Gasteiger partial charge in [-0.2, -0.15) is 0 Å². The van der Waals surface area contributed by atoms with Crippen molar-refractivity contribution in [1.29, 1.82) is 0 Å². The molecule has 50 heavy (non-hydrogen) atoms.